The maximum absolute atomic E-state index is 10.6. The first kappa shape index (κ1) is 10.1. The van der Waals surface area contributed by atoms with Gasteiger partial charge in [0.15, 0.2) is 6.29 Å². The Morgan fingerprint density at radius 3 is 2.64 bits per heavy atom. The molecule has 1 unspecified atom stereocenters. The average Bonchev–Trinajstić information content (AvgIpc) is 1.97. The van der Waals surface area contributed by atoms with Crippen LogP contribution >= 0.6 is 0 Å². The Bertz CT molecular complexity index is 134. The highest BCUT2D eigenvalue weighted by atomic mass is 16.1. The molecule has 3 nitrogen and oxygen atoms in total. The highest BCUT2D eigenvalue weighted by Gasteiger charge is 2.11. The van der Waals surface area contributed by atoms with E-state index >= 15 is 0 Å². The van der Waals surface area contributed by atoms with Crippen LogP contribution in [0.2, 0.25) is 0 Å². The standard InChI is InChI=1S/C8H14NO2/c1-2-7(8(9)11)5-3-4-6-10/h7H,2-5H2,1H3,(H2,9,11). The Morgan fingerprint density at radius 1 is 1.64 bits per heavy atom. The Kier molecular flexibility index (Phi) is 5.43. The summed E-state index contributed by atoms with van der Waals surface area (Å²) in [5, 5.41) is 0. The van der Waals surface area contributed by atoms with Crippen molar-refractivity contribution >= 4 is 12.2 Å². The molecule has 0 spiro atoms. The molecule has 3 heteroatoms. The van der Waals surface area contributed by atoms with Crippen LogP contribution in [0.4, 0.5) is 0 Å². The van der Waals surface area contributed by atoms with Crippen LogP contribution in [0, 0.1) is 5.92 Å². The summed E-state index contributed by atoms with van der Waals surface area (Å²) in [7, 11) is 0. The van der Waals surface area contributed by atoms with Gasteiger partial charge in [0.05, 0.1) is 0 Å². The summed E-state index contributed by atoms with van der Waals surface area (Å²) in [6, 6.07) is 0. The van der Waals surface area contributed by atoms with Gasteiger partial charge in [-0.1, -0.05) is 6.92 Å². The van der Waals surface area contributed by atoms with E-state index in [0.29, 0.717) is 19.3 Å². The second-order valence-corrected chi connectivity index (χ2v) is 2.54. The van der Waals surface area contributed by atoms with Crippen LogP contribution in [0.1, 0.15) is 32.6 Å². The normalized spacial score (nSPS) is 12.5. The quantitative estimate of drug-likeness (QED) is 0.577. The zero-order valence-corrected chi connectivity index (χ0v) is 6.80. The third-order valence-electron chi connectivity index (χ3n) is 1.73. The second-order valence-electron chi connectivity index (χ2n) is 2.54. The third kappa shape index (κ3) is 4.53. The van der Waals surface area contributed by atoms with Crippen molar-refractivity contribution in [2.24, 2.45) is 11.7 Å². The highest BCUT2D eigenvalue weighted by Crippen LogP contribution is 2.10. The SMILES string of the molecule is CCC(CCC[C]=O)C(N)=O. The van der Waals surface area contributed by atoms with Crippen molar-refractivity contribution in [1.29, 1.82) is 0 Å². The van der Waals surface area contributed by atoms with E-state index in [2.05, 4.69) is 0 Å². The maximum Gasteiger partial charge on any atom is 0.220 e. The second kappa shape index (κ2) is 5.89. The van der Waals surface area contributed by atoms with Crippen LogP contribution in [-0.4, -0.2) is 12.2 Å². The van der Waals surface area contributed by atoms with E-state index in [4.69, 9.17) is 5.73 Å². The lowest BCUT2D eigenvalue weighted by Gasteiger charge is -2.07. The van der Waals surface area contributed by atoms with Crippen molar-refractivity contribution in [3.63, 3.8) is 0 Å². The van der Waals surface area contributed by atoms with Gasteiger partial charge in [0, 0.05) is 12.3 Å². The van der Waals surface area contributed by atoms with Gasteiger partial charge in [-0.25, -0.2) is 0 Å². The smallest absolute Gasteiger partial charge is 0.220 e. The summed E-state index contributed by atoms with van der Waals surface area (Å²) in [5.74, 6) is -0.332. The molecular formula is C8H14NO2. The van der Waals surface area contributed by atoms with Crippen molar-refractivity contribution < 1.29 is 9.59 Å². The van der Waals surface area contributed by atoms with E-state index in [9.17, 15) is 9.59 Å². The Hall–Kier alpha value is -0.860. The number of primary amides is 1. The molecule has 0 aromatic carbocycles. The molecule has 0 bridgehead atoms. The van der Waals surface area contributed by atoms with Gasteiger partial charge in [-0.05, 0) is 19.3 Å². The van der Waals surface area contributed by atoms with E-state index in [-0.39, 0.29) is 11.8 Å². The number of carbonyl (C=O) groups is 1. The minimum Gasteiger partial charge on any atom is -0.369 e. The van der Waals surface area contributed by atoms with E-state index < -0.39 is 0 Å². The Balaban J connectivity index is 3.52. The summed E-state index contributed by atoms with van der Waals surface area (Å²) in [6.45, 7) is 1.92. The summed E-state index contributed by atoms with van der Waals surface area (Å²) >= 11 is 0. The number of amides is 1. The molecule has 0 fully saturated rings. The molecule has 0 saturated carbocycles. The van der Waals surface area contributed by atoms with Gasteiger partial charge in [-0.15, -0.1) is 0 Å². The number of nitrogens with two attached hydrogens (primary N) is 1. The number of rotatable bonds is 6. The lowest BCUT2D eigenvalue weighted by molar-refractivity contribution is -0.122. The van der Waals surface area contributed by atoms with Gasteiger partial charge in [0.2, 0.25) is 5.91 Å². The highest BCUT2D eigenvalue weighted by molar-refractivity contribution is 5.76. The minimum atomic E-state index is -0.265. The molecule has 0 aliphatic carbocycles. The molecule has 0 aliphatic heterocycles. The lowest BCUT2D eigenvalue weighted by atomic mass is 9.99. The number of hydrogen-bond donors (Lipinski definition) is 1. The Labute approximate surface area is 67.0 Å². The molecule has 0 heterocycles. The molecule has 1 atom stereocenters. The van der Waals surface area contributed by atoms with Gasteiger partial charge < -0.3 is 5.73 Å². The maximum atomic E-state index is 10.6. The lowest BCUT2D eigenvalue weighted by Crippen LogP contribution is -2.22. The first-order valence-corrected chi connectivity index (χ1v) is 3.86. The molecule has 1 amide bonds. The minimum absolute atomic E-state index is 0.0663. The summed E-state index contributed by atoms with van der Waals surface area (Å²) in [4.78, 5) is 20.5. The molecule has 63 valence electrons. The summed E-state index contributed by atoms with van der Waals surface area (Å²) in [6.07, 6.45) is 4.37. The largest absolute Gasteiger partial charge is 0.369 e. The van der Waals surface area contributed by atoms with E-state index in [1.807, 2.05) is 6.92 Å². The van der Waals surface area contributed by atoms with Crippen molar-refractivity contribution in [1.82, 2.24) is 0 Å². The molecule has 1 radical (unpaired) electrons. The first-order valence-electron chi connectivity index (χ1n) is 3.86. The third-order valence-corrected chi connectivity index (χ3v) is 1.73. The Morgan fingerprint density at radius 2 is 2.27 bits per heavy atom. The number of carbonyl (C=O) groups excluding carboxylic acids is 2. The zero-order valence-electron chi connectivity index (χ0n) is 6.80. The van der Waals surface area contributed by atoms with Crippen LogP contribution in [0.3, 0.4) is 0 Å². The summed E-state index contributed by atoms with van der Waals surface area (Å²) in [5.41, 5.74) is 5.09. The summed E-state index contributed by atoms with van der Waals surface area (Å²) < 4.78 is 0. The molecule has 2 N–H and O–H groups in total. The number of hydrogen-bond acceptors (Lipinski definition) is 2. The van der Waals surface area contributed by atoms with Crippen molar-refractivity contribution in [2.75, 3.05) is 0 Å². The molecule has 0 rings (SSSR count). The van der Waals surface area contributed by atoms with E-state index in [1.54, 1.807) is 6.29 Å². The first-order chi connectivity index (χ1) is 5.22. The zero-order chi connectivity index (χ0) is 8.69. The molecule has 0 aromatic heterocycles. The van der Waals surface area contributed by atoms with E-state index in [0.717, 1.165) is 6.42 Å². The predicted molar refractivity (Wildman–Crippen MR) is 42.5 cm³/mol. The topological polar surface area (TPSA) is 60.2 Å². The fourth-order valence-electron chi connectivity index (χ4n) is 0.968. The van der Waals surface area contributed by atoms with Gasteiger partial charge >= 0.3 is 0 Å². The average molecular weight is 156 g/mol. The molecular weight excluding hydrogens is 142 g/mol. The van der Waals surface area contributed by atoms with Crippen molar-refractivity contribution in [3.05, 3.63) is 0 Å². The van der Waals surface area contributed by atoms with Crippen LogP contribution in [-0.2, 0) is 9.59 Å². The van der Waals surface area contributed by atoms with Gasteiger partial charge in [-0.3, -0.25) is 9.59 Å². The predicted octanol–water partition coefficient (Wildman–Crippen LogP) is 0.778. The molecule has 11 heavy (non-hydrogen) atoms. The van der Waals surface area contributed by atoms with Crippen LogP contribution in [0.25, 0.3) is 0 Å². The number of unbranched alkanes of at least 4 members (excludes halogenated alkanes) is 1. The van der Waals surface area contributed by atoms with Crippen LogP contribution in [0.15, 0.2) is 0 Å². The fraction of sp³-hybridized carbons (Fsp3) is 0.750. The molecule has 0 aromatic rings. The van der Waals surface area contributed by atoms with E-state index in [1.165, 1.54) is 0 Å². The van der Waals surface area contributed by atoms with Crippen molar-refractivity contribution in [3.8, 4) is 0 Å². The van der Waals surface area contributed by atoms with Gasteiger partial charge in [0.1, 0.15) is 0 Å². The molecule has 0 aliphatic rings. The van der Waals surface area contributed by atoms with Crippen LogP contribution < -0.4 is 5.73 Å². The van der Waals surface area contributed by atoms with Gasteiger partial charge in [0.25, 0.3) is 0 Å². The molecule has 0 saturated heterocycles. The fourth-order valence-corrected chi connectivity index (χ4v) is 0.968. The van der Waals surface area contributed by atoms with Crippen LogP contribution in [0.5, 0.6) is 0 Å². The monoisotopic (exact) mass is 156 g/mol. The van der Waals surface area contributed by atoms with Crippen molar-refractivity contribution in [2.45, 2.75) is 32.6 Å². The van der Waals surface area contributed by atoms with Gasteiger partial charge in [-0.2, -0.15) is 0 Å².